The third-order valence-electron chi connectivity index (χ3n) is 2.38. The van der Waals surface area contributed by atoms with Crippen molar-refractivity contribution < 1.29 is 0 Å². The topological polar surface area (TPSA) is 12.0 Å². The van der Waals surface area contributed by atoms with Gasteiger partial charge in [0.2, 0.25) is 0 Å². The van der Waals surface area contributed by atoms with Crippen molar-refractivity contribution in [3.63, 3.8) is 0 Å². The van der Waals surface area contributed by atoms with Crippen LogP contribution in [0.5, 0.6) is 0 Å². The van der Waals surface area contributed by atoms with Gasteiger partial charge in [0.15, 0.2) is 0 Å². The molecule has 0 saturated carbocycles. The SMILES string of the molecule is CCCNc1ccc2cc(Br)ccc2c1. The van der Waals surface area contributed by atoms with E-state index in [1.165, 1.54) is 16.5 Å². The summed E-state index contributed by atoms with van der Waals surface area (Å²) in [7, 11) is 0. The lowest BCUT2D eigenvalue weighted by Crippen LogP contribution is -1.98. The van der Waals surface area contributed by atoms with E-state index in [2.05, 4.69) is 64.6 Å². The summed E-state index contributed by atoms with van der Waals surface area (Å²) in [5.74, 6) is 0. The summed E-state index contributed by atoms with van der Waals surface area (Å²) in [4.78, 5) is 0. The van der Waals surface area contributed by atoms with Crippen LogP contribution in [0.2, 0.25) is 0 Å². The number of nitrogens with one attached hydrogen (secondary N) is 1. The van der Waals surface area contributed by atoms with Gasteiger partial charge in [-0.15, -0.1) is 0 Å². The van der Waals surface area contributed by atoms with Crippen molar-refractivity contribution in [1.82, 2.24) is 0 Å². The lowest BCUT2D eigenvalue weighted by Gasteiger charge is -2.06. The van der Waals surface area contributed by atoms with Crippen LogP contribution in [0.3, 0.4) is 0 Å². The lowest BCUT2D eigenvalue weighted by atomic mass is 10.1. The van der Waals surface area contributed by atoms with Crippen molar-refractivity contribution in [3.8, 4) is 0 Å². The largest absolute Gasteiger partial charge is 0.385 e. The molecule has 0 bridgehead atoms. The van der Waals surface area contributed by atoms with Crippen molar-refractivity contribution in [2.75, 3.05) is 11.9 Å². The van der Waals surface area contributed by atoms with Gasteiger partial charge in [0.1, 0.15) is 0 Å². The van der Waals surface area contributed by atoms with E-state index >= 15 is 0 Å². The zero-order chi connectivity index (χ0) is 10.7. The molecule has 78 valence electrons. The van der Waals surface area contributed by atoms with Crippen LogP contribution < -0.4 is 5.32 Å². The molecular weight excluding hydrogens is 250 g/mol. The molecule has 0 aliphatic heterocycles. The highest BCUT2D eigenvalue weighted by molar-refractivity contribution is 9.10. The first-order valence-electron chi connectivity index (χ1n) is 5.23. The van der Waals surface area contributed by atoms with Crippen molar-refractivity contribution in [2.45, 2.75) is 13.3 Å². The molecule has 0 spiro atoms. The van der Waals surface area contributed by atoms with Crippen molar-refractivity contribution in [3.05, 3.63) is 40.9 Å². The third kappa shape index (κ3) is 2.51. The van der Waals surface area contributed by atoms with Crippen LogP contribution in [0, 0.1) is 0 Å². The minimum atomic E-state index is 1.03. The normalized spacial score (nSPS) is 10.5. The average molecular weight is 264 g/mol. The Morgan fingerprint density at radius 2 is 1.80 bits per heavy atom. The number of hydrogen-bond acceptors (Lipinski definition) is 1. The Bertz CT molecular complexity index is 465. The molecule has 0 aliphatic carbocycles. The molecule has 0 saturated heterocycles. The predicted octanol–water partition coefficient (Wildman–Crippen LogP) is 4.42. The Hall–Kier alpha value is -1.02. The fourth-order valence-electron chi connectivity index (χ4n) is 1.60. The summed E-state index contributed by atoms with van der Waals surface area (Å²) < 4.78 is 1.13. The molecule has 0 aromatic heterocycles. The molecule has 1 N–H and O–H groups in total. The second-order valence-electron chi connectivity index (χ2n) is 3.63. The van der Waals surface area contributed by atoms with E-state index in [0.717, 1.165) is 17.4 Å². The quantitative estimate of drug-likeness (QED) is 0.865. The van der Waals surface area contributed by atoms with Gasteiger partial charge in [-0.3, -0.25) is 0 Å². The van der Waals surface area contributed by atoms with Gasteiger partial charge in [0.05, 0.1) is 0 Å². The highest BCUT2D eigenvalue weighted by Gasteiger charge is 1.96. The Labute approximate surface area is 98.6 Å². The summed E-state index contributed by atoms with van der Waals surface area (Å²) in [6, 6.07) is 12.8. The van der Waals surface area contributed by atoms with E-state index in [1.54, 1.807) is 0 Å². The van der Waals surface area contributed by atoms with Crippen LogP contribution in [0.25, 0.3) is 10.8 Å². The number of halogens is 1. The molecule has 2 rings (SSSR count). The van der Waals surface area contributed by atoms with Crippen LogP contribution >= 0.6 is 15.9 Å². The Morgan fingerprint density at radius 1 is 1.07 bits per heavy atom. The van der Waals surface area contributed by atoms with Gasteiger partial charge in [-0.2, -0.15) is 0 Å². The molecule has 15 heavy (non-hydrogen) atoms. The molecule has 0 unspecified atom stereocenters. The maximum atomic E-state index is 3.48. The Kier molecular flexibility index (Phi) is 3.27. The lowest BCUT2D eigenvalue weighted by molar-refractivity contribution is 0.980. The van der Waals surface area contributed by atoms with Crippen LogP contribution in [0.1, 0.15) is 13.3 Å². The first-order valence-corrected chi connectivity index (χ1v) is 6.02. The van der Waals surface area contributed by atoms with E-state index in [9.17, 15) is 0 Å². The smallest absolute Gasteiger partial charge is 0.0346 e. The number of anilines is 1. The number of rotatable bonds is 3. The average Bonchev–Trinajstić information content (AvgIpc) is 2.26. The number of hydrogen-bond donors (Lipinski definition) is 1. The van der Waals surface area contributed by atoms with E-state index in [1.807, 2.05) is 0 Å². The predicted molar refractivity (Wildman–Crippen MR) is 70.4 cm³/mol. The van der Waals surface area contributed by atoms with Crippen LogP contribution in [-0.4, -0.2) is 6.54 Å². The second kappa shape index (κ2) is 4.67. The molecule has 1 nitrogen and oxygen atoms in total. The fourth-order valence-corrected chi connectivity index (χ4v) is 1.97. The molecule has 0 fully saturated rings. The molecular formula is C13H14BrN. The van der Waals surface area contributed by atoms with Gasteiger partial charge < -0.3 is 5.32 Å². The highest BCUT2D eigenvalue weighted by atomic mass is 79.9. The zero-order valence-electron chi connectivity index (χ0n) is 8.76. The van der Waals surface area contributed by atoms with Crippen LogP contribution in [0.4, 0.5) is 5.69 Å². The van der Waals surface area contributed by atoms with E-state index < -0.39 is 0 Å². The third-order valence-corrected chi connectivity index (χ3v) is 2.87. The minimum absolute atomic E-state index is 1.03. The highest BCUT2D eigenvalue weighted by Crippen LogP contribution is 2.22. The molecule has 0 aliphatic rings. The van der Waals surface area contributed by atoms with E-state index in [4.69, 9.17) is 0 Å². The monoisotopic (exact) mass is 263 g/mol. The summed E-state index contributed by atoms with van der Waals surface area (Å²) in [6.45, 7) is 3.20. The van der Waals surface area contributed by atoms with Gasteiger partial charge in [-0.1, -0.05) is 35.0 Å². The van der Waals surface area contributed by atoms with Gasteiger partial charge in [-0.25, -0.2) is 0 Å². The Balaban J connectivity index is 2.34. The Morgan fingerprint density at radius 3 is 2.60 bits per heavy atom. The maximum Gasteiger partial charge on any atom is 0.0346 e. The van der Waals surface area contributed by atoms with Crippen molar-refractivity contribution >= 4 is 32.4 Å². The minimum Gasteiger partial charge on any atom is -0.385 e. The van der Waals surface area contributed by atoms with Gasteiger partial charge in [0.25, 0.3) is 0 Å². The van der Waals surface area contributed by atoms with Gasteiger partial charge >= 0.3 is 0 Å². The molecule has 2 aromatic carbocycles. The van der Waals surface area contributed by atoms with E-state index in [0.29, 0.717) is 0 Å². The molecule has 0 radical (unpaired) electrons. The standard InChI is InChI=1S/C13H14BrN/c1-2-7-15-13-6-4-10-8-12(14)5-3-11(10)9-13/h3-6,8-9,15H,2,7H2,1H3. The van der Waals surface area contributed by atoms with Crippen molar-refractivity contribution in [2.24, 2.45) is 0 Å². The summed E-state index contributed by atoms with van der Waals surface area (Å²) in [5.41, 5.74) is 1.20. The van der Waals surface area contributed by atoms with Gasteiger partial charge in [-0.05, 0) is 41.5 Å². The van der Waals surface area contributed by atoms with E-state index in [-0.39, 0.29) is 0 Å². The van der Waals surface area contributed by atoms with Crippen LogP contribution in [-0.2, 0) is 0 Å². The number of fused-ring (bicyclic) bond motifs is 1. The molecule has 2 aromatic rings. The summed E-state index contributed by atoms with van der Waals surface area (Å²) >= 11 is 3.48. The molecule has 2 heteroatoms. The summed E-state index contributed by atoms with van der Waals surface area (Å²) in [6.07, 6.45) is 1.15. The fraction of sp³-hybridized carbons (Fsp3) is 0.231. The first-order chi connectivity index (χ1) is 7.29. The molecule has 0 atom stereocenters. The molecule has 0 heterocycles. The van der Waals surface area contributed by atoms with Crippen LogP contribution in [0.15, 0.2) is 40.9 Å². The van der Waals surface area contributed by atoms with Gasteiger partial charge in [0, 0.05) is 16.7 Å². The number of benzene rings is 2. The molecule has 0 amide bonds. The maximum absolute atomic E-state index is 3.48. The summed E-state index contributed by atoms with van der Waals surface area (Å²) in [5, 5.41) is 5.94. The zero-order valence-corrected chi connectivity index (χ0v) is 10.3. The second-order valence-corrected chi connectivity index (χ2v) is 4.55. The first kappa shape index (κ1) is 10.5. The van der Waals surface area contributed by atoms with Crippen molar-refractivity contribution in [1.29, 1.82) is 0 Å².